The van der Waals surface area contributed by atoms with Gasteiger partial charge in [-0.25, -0.2) is 13.1 Å². The largest absolute Gasteiger partial charge is 0.489 e. The first-order valence-corrected chi connectivity index (χ1v) is 12.0. The van der Waals surface area contributed by atoms with Crippen molar-refractivity contribution in [3.63, 3.8) is 0 Å². The van der Waals surface area contributed by atoms with Crippen LogP contribution in [0.25, 0.3) is 0 Å². The van der Waals surface area contributed by atoms with E-state index in [1.54, 1.807) is 36.4 Å². The molecule has 1 aromatic carbocycles. The summed E-state index contributed by atoms with van der Waals surface area (Å²) in [6, 6.07) is 12.0. The summed E-state index contributed by atoms with van der Waals surface area (Å²) in [5.41, 5.74) is 2.05. The van der Waals surface area contributed by atoms with Crippen LogP contribution in [0.5, 0.6) is 5.75 Å². The summed E-state index contributed by atoms with van der Waals surface area (Å²) >= 11 is 0. The highest BCUT2D eigenvalue weighted by Crippen LogP contribution is 2.22. The monoisotopic (exact) mass is 454 g/mol. The molecule has 0 radical (unpaired) electrons. The number of aromatic nitrogens is 2. The molecule has 9 heteroatoms. The number of hydrogen-bond acceptors (Lipinski definition) is 5. The molecule has 0 aliphatic carbocycles. The highest BCUT2D eigenvalue weighted by Gasteiger charge is 2.24. The minimum atomic E-state index is -3.79. The molecule has 0 spiro atoms. The Kier molecular flexibility index (Phi) is 6.57. The van der Waals surface area contributed by atoms with E-state index in [4.69, 9.17) is 4.74 Å². The van der Waals surface area contributed by atoms with Gasteiger partial charge in [0.1, 0.15) is 22.9 Å². The number of pyridine rings is 1. The third kappa shape index (κ3) is 5.17. The van der Waals surface area contributed by atoms with Crippen LogP contribution < -0.4 is 9.46 Å². The number of rotatable bonds is 8. The maximum atomic E-state index is 12.8. The SMILES string of the molecule is CC(NS(=O)(=O)c1c[nH]c(C(=O)N2CCCC2)c1)c1ccc(OCc2cccnc2)cc1. The topological polar surface area (TPSA) is 104 Å². The van der Waals surface area contributed by atoms with Gasteiger partial charge in [-0.05, 0) is 49.6 Å². The molecule has 168 valence electrons. The average Bonchev–Trinajstić information content (AvgIpc) is 3.51. The van der Waals surface area contributed by atoms with Gasteiger partial charge in [0.25, 0.3) is 5.91 Å². The fraction of sp³-hybridized carbons (Fsp3) is 0.304. The average molecular weight is 455 g/mol. The van der Waals surface area contributed by atoms with Crippen LogP contribution >= 0.6 is 0 Å². The first kappa shape index (κ1) is 22.0. The number of nitrogens with one attached hydrogen (secondary N) is 2. The number of amides is 1. The molecular formula is C23H26N4O4S. The summed E-state index contributed by atoms with van der Waals surface area (Å²) in [5, 5.41) is 0. The number of hydrogen-bond donors (Lipinski definition) is 2. The molecule has 1 aliphatic rings. The molecule has 0 saturated carbocycles. The minimum Gasteiger partial charge on any atom is -0.489 e. The molecule has 1 saturated heterocycles. The molecule has 1 atom stereocenters. The first-order valence-electron chi connectivity index (χ1n) is 10.5. The molecule has 1 fully saturated rings. The van der Waals surface area contributed by atoms with E-state index in [0.29, 0.717) is 25.4 Å². The van der Waals surface area contributed by atoms with E-state index in [0.717, 1.165) is 24.0 Å². The van der Waals surface area contributed by atoms with Gasteiger partial charge in [-0.2, -0.15) is 0 Å². The second kappa shape index (κ2) is 9.54. The van der Waals surface area contributed by atoms with E-state index in [-0.39, 0.29) is 16.5 Å². The number of benzene rings is 1. The summed E-state index contributed by atoms with van der Waals surface area (Å²) in [6.07, 6.45) is 6.76. The predicted molar refractivity (Wildman–Crippen MR) is 120 cm³/mol. The Morgan fingerprint density at radius 2 is 1.97 bits per heavy atom. The highest BCUT2D eigenvalue weighted by molar-refractivity contribution is 7.89. The van der Waals surface area contributed by atoms with Crippen LogP contribution in [-0.2, 0) is 16.6 Å². The second-order valence-electron chi connectivity index (χ2n) is 7.81. The zero-order valence-corrected chi connectivity index (χ0v) is 18.6. The Morgan fingerprint density at radius 1 is 1.22 bits per heavy atom. The maximum Gasteiger partial charge on any atom is 0.270 e. The van der Waals surface area contributed by atoms with Gasteiger partial charge in [0, 0.05) is 43.3 Å². The molecule has 8 nitrogen and oxygen atoms in total. The van der Waals surface area contributed by atoms with E-state index in [1.165, 1.54) is 12.3 Å². The lowest BCUT2D eigenvalue weighted by molar-refractivity contribution is 0.0787. The van der Waals surface area contributed by atoms with Crippen LogP contribution in [0.4, 0.5) is 0 Å². The van der Waals surface area contributed by atoms with Crippen LogP contribution in [0, 0.1) is 0 Å². The van der Waals surface area contributed by atoms with Crippen LogP contribution in [0.2, 0.25) is 0 Å². The Balaban J connectivity index is 1.37. The number of carbonyl (C=O) groups excluding carboxylic acids is 1. The van der Waals surface area contributed by atoms with E-state index in [9.17, 15) is 13.2 Å². The third-order valence-corrected chi connectivity index (χ3v) is 6.95. The fourth-order valence-corrected chi connectivity index (χ4v) is 4.84. The van der Waals surface area contributed by atoms with Crippen molar-refractivity contribution in [3.8, 4) is 5.75 Å². The molecule has 1 aliphatic heterocycles. The molecular weight excluding hydrogens is 428 g/mol. The normalized spacial score (nSPS) is 15.0. The van der Waals surface area contributed by atoms with Gasteiger partial charge in [0.2, 0.25) is 10.0 Å². The number of sulfonamides is 1. The Bertz CT molecular complexity index is 1150. The predicted octanol–water partition coefficient (Wildman–Crippen LogP) is 3.26. The zero-order valence-electron chi connectivity index (χ0n) is 17.8. The molecule has 3 heterocycles. The van der Waals surface area contributed by atoms with Crippen molar-refractivity contribution in [2.24, 2.45) is 0 Å². The van der Waals surface area contributed by atoms with Crippen molar-refractivity contribution >= 4 is 15.9 Å². The standard InChI is InChI=1S/C23H26N4O4S/c1-17(19-6-8-20(9-7-19)31-16-18-5-4-10-24-14-18)26-32(29,30)21-13-22(25-15-21)23(28)27-11-2-3-12-27/h4-10,13-15,17,25-26H,2-3,11-12,16H2,1H3. The third-order valence-electron chi connectivity index (χ3n) is 5.43. The summed E-state index contributed by atoms with van der Waals surface area (Å²) in [7, 11) is -3.79. The van der Waals surface area contributed by atoms with Crippen molar-refractivity contribution in [1.82, 2.24) is 19.6 Å². The van der Waals surface area contributed by atoms with Gasteiger partial charge in [-0.3, -0.25) is 9.78 Å². The zero-order chi connectivity index (χ0) is 22.6. The van der Waals surface area contributed by atoms with Crippen molar-refractivity contribution in [1.29, 1.82) is 0 Å². The number of carbonyl (C=O) groups is 1. The lowest BCUT2D eigenvalue weighted by Crippen LogP contribution is -2.28. The van der Waals surface area contributed by atoms with Gasteiger partial charge in [0.15, 0.2) is 0 Å². The molecule has 32 heavy (non-hydrogen) atoms. The summed E-state index contributed by atoms with van der Waals surface area (Å²) in [5.74, 6) is 0.516. The highest BCUT2D eigenvalue weighted by atomic mass is 32.2. The molecule has 0 bridgehead atoms. The number of aromatic amines is 1. The smallest absolute Gasteiger partial charge is 0.270 e. The Morgan fingerprint density at radius 3 is 2.66 bits per heavy atom. The van der Waals surface area contributed by atoms with Crippen LogP contribution in [0.1, 0.15) is 47.4 Å². The van der Waals surface area contributed by atoms with Gasteiger partial charge in [-0.1, -0.05) is 18.2 Å². The van der Waals surface area contributed by atoms with Crippen molar-refractivity contribution in [2.45, 2.75) is 37.3 Å². The van der Waals surface area contributed by atoms with Crippen molar-refractivity contribution in [3.05, 3.63) is 77.9 Å². The molecule has 1 amide bonds. The summed E-state index contributed by atoms with van der Waals surface area (Å²) in [4.78, 5) is 21.1. The lowest BCUT2D eigenvalue weighted by Gasteiger charge is -2.15. The van der Waals surface area contributed by atoms with Crippen LogP contribution in [-0.4, -0.2) is 42.3 Å². The Hall–Kier alpha value is -3.17. The van der Waals surface area contributed by atoms with E-state index in [2.05, 4.69) is 14.7 Å². The molecule has 4 rings (SSSR count). The minimum absolute atomic E-state index is 0.0447. The molecule has 2 N–H and O–H groups in total. The van der Waals surface area contributed by atoms with E-state index in [1.807, 2.05) is 24.3 Å². The van der Waals surface area contributed by atoms with E-state index >= 15 is 0 Å². The van der Waals surface area contributed by atoms with E-state index < -0.39 is 16.1 Å². The number of likely N-dealkylation sites (tertiary alicyclic amines) is 1. The van der Waals surface area contributed by atoms with Crippen LogP contribution in [0.3, 0.4) is 0 Å². The van der Waals surface area contributed by atoms with Gasteiger partial charge in [0.05, 0.1) is 0 Å². The summed E-state index contributed by atoms with van der Waals surface area (Å²) < 4.78 is 34.0. The van der Waals surface area contributed by atoms with Gasteiger partial charge >= 0.3 is 0 Å². The summed E-state index contributed by atoms with van der Waals surface area (Å²) in [6.45, 7) is 3.58. The van der Waals surface area contributed by atoms with Gasteiger partial charge < -0.3 is 14.6 Å². The van der Waals surface area contributed by atoms with Gasteiger partial charge in [-0.15, -0.1) is 0 Å². The molecule has 1 unspecified atom stereocenters. The second-order valence-corrected chi connectivity index (χ2v) is 9.52. The van der Waals surface area contributed by atoms with Crippen LogP contribution in [0.15, 0.2) is 66.0 Å². The lowest BCUT2D eigenvalue weighted by atomic mass is 10.1. The Labute approximate surface area is 187 Å². The first-order chi connectivity index (χ1) is 15.4. The molecule has 3 aromatic rings. The fourth-order valence-electron chi connectivity index (χ4n) is 3.62. The molecule has 2 aromatic heterocycles. The van der Waals surface area contributed by atoms with Crippen molar-refractivity contribution in [2.75, 3.05) is 13.1 Å². The van der Waals surface area contributed by atoms with Crippen molar-refractivity contribution < 1.29 is 17.9 Å². The maximum absolute atomic E-state index is 12.8. The number of nitrogens with zero attached hydrogens (tertiary/aromatic N) is 2. The quantitative estimate of drug-likeness (QED) is 0.544. The number of ether oxygens (including phenoxy) is 1. The number of H-pyrrole nitrogens is 1.